The maximum absolute atomic E-state index is 12.5. The first-order valence-electron chi connectivity index (χ1n) is 10.7. The highest BCUT2D eigenvalue weighted by atomic mass is 16.5. The van der Waals surface area contributed by atoms with Gasteiger partial charge in [-0.15, -0.1) is 0 Å². The third-order valence-corrected chi connectivity index (χ3v) is 5.67. The van der Waals surface area contributed by atoms with Gasteiger partial charge < -0.3 is 14.4 Å². The van der Waals surface area contributed by atoms with Crippen molar-refractivity contribution in [3.05, 3.63) is 59.7 Å². The first-order valence-corrected chi connectivity index (χ1v) is 10.7. The molecule has 8 nitrogen and oxygen atoms in total. The molecule has 0 saturated carbocycles. The van der Waals surface area contributed by atoms with Crippen molar-refractivity contribution < 1.29 is 23.9 Å². The largest absolute Gasteiger partial charge is 0.482 e. The van der Waals surface area contributed by atoms with E-state index in [4.69, 9.17) is 9.47 Å². The summed E-state index contributed by atoms with van der Waals surface area (Å²) in [5, 5.41) is 0. The number of esters is 1. The zero-order valence-electron chi connectivity index (χ0n) is 18.2. The number of aryl methyl sites for hydroxylation is 1. The van der Waals surface area contributed by atoms with E-state index < -0.39 is 5.97 Å². The summed E-state index contributed by atoms with van der Waals surface area (Å²) >= 11 is 0. The van der Waals surface area contributed by atoms with Gasteiger partial charge in [-0.2, -0.15) is 0 Å². The van der Waals surface area contributed by atoms with E-state index in [2.05, 4.69) is 36.1 Å². The van der Waals surface area contributed by atoms with E-state index >= 15 is 0 Å². The van der Waals surface area contributed by atoms with Gasteiger partial charge in [0.25, 0.3) is 11.8 Å². The number of hydrogen-bond acceptors (Lipinski definition) is 6. The molecule has 32 heavy (non-hydrogen) atoms. The van der Waals surface area contributed by atoms with Crippen molar-refractivity contribution in [2.24, 2.45) is 0 Å². The normalized spacial score (nSPS) is 16.3. The first-order chi connectivity index (χ1) is 15.5. The van der Waals surface area contributed by atoms with Crippen molar-refractivity contribution in [1.29, 1.82) is 0 Å². The van der Waals surface area contributed by atoms with Gasteiger partial charge in [0.05, 0.1) is 5.69 Å². The van der Waals surface area contributed by atoms with Gasteiger partial charge in [-0.25, -0.2) is 0 Å². The van der Waals surface area contributed by atoms with Gasteiger partial charge >= 0.3 is 5.97 Å². The van der Waals surface area contributed by atoms with Crippen LogP contribution in [0, 0.1) is 6.92 Å². The molecule has 2 aliphatic heterocycles. The average Bonchev–Trinajstić information content (AvgIpc) is 2.80. The predicted molar refractivity (Wildman–Crippen MR) is 118 cm³/mol. The number of carbonyl (C=O) groups is 3. The topological polar surface area (TPSA) is 79.4 Å². The minimum Gasteiger partial charge on any atom is -0.482 e. The number of ether oxygens (including phenoxy) is 2. The van der Waals surface area contributed by atoms with Crippen LogP contribution in [0.2, 0.25) is 0 Å². The molecule has 0 aliphatic carbocycles. The summed E-state index contributed by atoms with van der Waals surface area (Å²) < 4.78 is 10.5. The van der Waals surface area contributed by atoms with E-state index in [0.717, 1.165) is 19.6 Å². The molecule has 2 aliphatic rings. The second-order valence-electron chi connectivity index (χ2n) is 8.04. The van der Waals surface area contributed by atoms with Crippen LogP contribution in [0.15, 0.2) is 48.5 Å². The smallest absolute Gasteiger partial charge is 0.326 e. The van der Waals surface area contributed by atoms with E-state index in [0.29, 0.717) is 24.5 Å². The molecule has 2 amide bonds. The van der Waals surface area contributed by atoms with Crippen LogP contribution < -0.4 is 9.64 Å². The molecule has 1 saturated heterocycles. The highest BCUT2D eigenvalue weighted by molar-refractivity contribution is 6.01. The molecule has 0 bridgehead atoms. The summed E-state index contributed by atoms with van der Waals surface area (Å²) in [5.74, 6) is -0.625. The molecule has 0 unspecified atom stereocenters. The highest BCUT2D eigenvalue weighted by Crippen LogP contribution is 2.31. The van der Waals surface area contributed by atoms with E-state index in [1.54, 1.807) is 29.2 Å². The van der Waals surface area contributed by atoms with Crippen molar-refractivity contribution in [3.8, 4) is 5.75 Å². The Hall–Kier alpha value is -3.39. The minimum atomic E-state index is -0.624. The van der Waals surface area contributed by atoms with Crippen LogP contribution >= 0.6 is 0 Å². The van der Waals surface area contributed by atoms with Crippen LogP contribution in [-0.2, 0) is 25.7 Å². The number of benzene rings is 2. The SMILES string of the molecule is Cc1cccc(CN2CCN(C(=O)COC(=O)CN3C(=O)COc4ccccc43)CC2)c1. The third kappa shape index (κ3) is 5.26. The molecule has 8 heteroatoms. The van der Waals surface area contributed by atoms with E-state index in [-0.39, 0.29) is 31.6 Å². The Morgan fingerprint density at radius 1 is 1.03 bits per heavy atom. The van der Waals surface area contributed by atoms with E-state index in [9.17, 15) is 14.4 Å². The van der Waals surface area contributed by atoms with Crippen LogP contribution in [0.3, 0.4) is 0 Å². The second-order valence-corrected chi connectivity index (χ2v) is 8.04. The highest BCUT2D eigenvalue weighted by Gasteiger charge is 2.28. The van der Waals surface area contributed by atoms with Gasteiger partial charge in [-0.05, 0) is 24.6 Å². The molecule has 2 aromatic carbocycles. The summed E-state index contributed by atoms with van der Waals surface area (Å²) in [5.41, 5.74) is 3.02. The minimum absolute atomic E-state index is 0.129. The lowest BCUT2D eigenvalue weighted by atomic mass is 10.1. The van der Waals surface area contributed by atoms with Crippen LogP contribution in [0.25, 0.3) is 0 Å². The number of anilines is 1. The lowest BCUT2D eigenvalue weighted by Gasteiger charge is -2.34. The number of para-hydroxylation sites is 2. The molecular formula is C24H27N3O5. The Bertz CT molecular complexity index is 1000. The van der Waals surface area contributed by atoms with Crippen LogP contribution in [0.1, 0.15) is 11.1 Å². The fourth-order valence-corrected chi connectivity index (χ4v) is 3.96. The van der Waals surface area contributed by atoms with Gasteiger partial charge in [-0.1, -0.05) is 42.0 Å². The number of carbonyl (C=O) groups excluding carboxylic acids is 3. The third-order valence-electron chi connectivity index (χ3n) is 5.67. The Balaban J connectivity index is 1.22. The molecule has 0 N–H and O–H groups in total. The van der Waals surface area contributed by atoms with Gasteiger partial charge in [0.15, 0.2) is 13.2 Å². The van der Waals surface area contributed by atoms with Gasteiger partial charge in [0.2, 0.25) is 0 Å². The lowest BCUT2D eigenvalue weighted by Crippen LogP contribution is -2.49. The Labute approximate surface area is 187 Å². The molecule has 2 heterocycles. The van der Waals surface area contributed by atoms with Crippen molar-refractivity contribution in [3.63, 3.8) is 0 Å². The quantitative estimate of drug-likeness (QED) is 0.639. The van der Waals surface area contributed by atoms with Crippen LogP contribution in [0.4, 0.5) is 5.69 Å². The molecule has 0 radical (unpaired) electrons. The Morgan fingerprint density at radius 2 is 1.81 bits per heavy atom. The molecule has 0 spiro atoms. The molecule has 0 aromatic heterocycles. The number of nitrogens with zero attached hydrogens (tertiary/aromatic N) is 3. The van der Waals surface area contributed by atoms with Gasteiger partial charge in [0.1, 0.15) is 12.3 Å². The number of amides is 2. The van der Waals surface area contributed by atoms with Crippen molar-refractivity contribution in [1.82, 2.24) is 9.80 Å². The summed E-state index contributed by atoms with van der Waals surface area (Å²) in [7, 11) is 0. The Morgan fingerprint density at radius 3 is 2.59 bits per heavy atom. The average molecular weight is 437 g/mol. The summed E-state index contributed by atoms with van der Waals surface area (Å²) in [6.07, 6.45) is 0. The zero-order valence-corrected chi connectivity index (χ0v) is 18.2. The molecular weight excluding hydrogens is 410 g/mol. The summed E-state index contributed by atoms with van der Waals surface area (Å²) in [6.45, 7) is 4.96. The van der Waals surface area contributed by atoms with E-state index in [1.165, 1.54) is 16.0 Å². The molecule has 2 aromatic rings. The number of piperazine rings is 1. The Kier molecular flexibility index (Phi) is 6.70. The number of rotatable bonds is 6. The predicted octanol–water partition coefficient (Wildman–Crippen LogP) is 1.61. The summed E-state index contributed by atoms with van der Waals surface area (Å²) in [6, 6.07) is 15.4. The van der Waals surface area contributed by atoms with Crippen LogP contribution in [0.5, 0.6) is 5.75 Å². The standard InChI is InChI=1S/C24H27N3O5/c1-18-5-4-6-19(13-18)14-25-9-11-26(12-10-25)22(28)16-32-24(30)15-27-20-7-2-3-8-21(20)31-17-23(27)29/h2-8,13H,9-12,14-17H2,1H3. The van der Waals surface area contributed by atoms with Gasteiger partial charge in [-0.3, -0.25) is 24.2 Å². The van der Waals surface area contributed by atoms with E-state index in [1.807, 2.05) is 0 Å². The fourth-order valence-electron chi connectivity index (χ4n) is 3.96. The van der Waals surface area contributed by atoms with Crippen molar-refractivity contribution >= 4 is 23.5 Å². The second kappa shape index (κ2) is 9.82. The fraction of sp³-hybridized carbons (Fsp3) is 0.375. The lowest BCUT2D eigenvalue weighted by molar-refractivity contribution is -0.152. The maximum Gasteiger partial charge on any atom is 0.326 e. The first kappa shape index (κ1) is 21.8. The van der Waals surface area contributed by atoms with Gasteiger partial charge in [0, 0.05) is 32.7 Å². The molecule has 4 rings (SSSR count). The molecule has 1 fully saturated rings. The van der Waals surface area contributed by atoms with Crippen molar-refractivity contribution in [2.45, 2.75) is 13.5 Å². The monoisotopic (exact) mass is 437 g/mol. The molecule has 168 valence electrons. The number of hydrogen-bond donors (Lipinski definition) is 0. The number of fused-ring (bicyclic) bond motifs is 1. The van der Waals surface area contributed by atoms with Crippen LogP contribution in [-0.4, -0.2) is 73.5 Å². The summed E-state index contributed by atoms with van der Waals surface area (Å²) in [4.78, 5) is 42.3. The van der Waals surface area contributed by atoms with Crippen molar-refractivity contribution in [2.75, 3.05) is 50.8 Å². The maximum atomic E-state index is 12.5. The molecule has 0 atom stereocenters. The zero-order chi connectivity index (χ0) is 22.5.